The Balaban J connectivity index is 1.85. The van der Waals surface area contributed by atoms with Crippen LogP contribution in [-0.4, -0.2) is 41.5 Å². The van der Waals surface area contributed by atoms with Gasteiger partial charge in [0.15, 0.2) is 5.13 Å². The second kappa shape index (κ2) is 10.3. The minimum absolute atomic E-state index is 0.0569. The molecule has 1 aromatic heterocycles. The summed E-state index contributed by atoms with van der Waals surface area (Å²) < 4.78 is 10.4. The van der Waals surface area contributed by atoms with Gasteiger partial charge in [0.05, 0.1) is 31.0 Å². The van der Waals surface area contributed by atoms with Gasteiger partial charge in [-0.25, -0.2) is 9.78 Å². The quantitative estimate of drug-likeness (QED) is 0.209. The van der Waals surface area contributed by atoms with Crippen LogP contribution >= 0.6 is 11.3 Å². The molecule has 2 aromatic carbocycles. The minimum Gasteiger partial charge on any atom is -0.507 e. The molecule has 186 valence electrons. The predicted molar refractivity (Wildman–Crippen MR) is 136 cm³/mol. The topological polar surface area (TPSA) is 106 Å². The maximum atomic E-state index is 13.3. The Labute approximate surface area is 212 Å². The maximum Gasteiger partial charge on any atom is 0.350 e. The molecule has 4 rings (SSSR count). The lowest BCUT2D eigenvalue weighted by Crippen LogP contribution is -2.29. The second-order valence-electron chi connectivity index (χ2n) is 8.36. The number of carbonyl (C=O) groups excluding carboxylic acids is 3. The van der Waals surface area contributed by atoms with E-state index < -0.39 is 23.7 Å². The summed E-state index contributed by atoms with van der Waals surface area (Å²) in [4.78, 5) is 44.6. The number of esters is 1. The van der Waals surface area contributed by atoms with Crippen LogP contribution in [0.5, 0.6) is 5.75 Å². The number of aliphatic hydroxyl groups excluding tert-OH is 1. The smallest absolute Gasteiger partial charge is 0.350 e. The highest BCUT2D eigenvalue weighted by Crippen LogP contribution is 2.44. The van der Waals surface area contributed by atoms with Crippen molar-refractivity contribution in [1.82, 2.24) is 4.98 Å². The minimum atomic E-state index is -0.933. The van der Waals surface area contributed by atoms with Crippen LogP contribution in [0.1, 0.15) is 51.4 Å². The number of anilines is 1. The van der Waals surface area contributed by atoms with Crippen LogP contribution in [0.15, 0.2) is 54.1 Å². The molecule has 1 fully saturated rings. The van der Waals surface area contributed by atoms with Crippen molar-refractivity contribution >= 4 is 39.9 Å². The van der Waals surface area contributed by atoms with Crippen LogP contribution in [0, 0.1) is 13.8 Å². The predicted octanol–water partition coefficient (Wildman–Crippen LogP) is 4.96. The van der Waals surface area contributed by atoms with Crippen molar-refractivity contribution in [3.05, 3.63) is 81.4 Å². The molecule has 3 aromatic rings. The molecule has 0 spiro atoms. The van der Waals surface area contributed by atoms with Crippen molar-refractivity contribution < 1.29 is 29.0 Å². The summed E-state index contributed by atoms with van der Waals surface area (Å²) in [5.41, 5.74) is 2.32. The van der Waals surface area contributed by atoms with Gasteiger partial charge in [-0.3, -0.25) is 14.5 Å². The Hall–Kier alpha value is -3.98. The monoisotopic (exact) mass is 506 g/mol. The summed E-state index contributed by atoms with van der Waals surface area (Å²) in [6, 6.07) is 13.1. The first-order chi connectivity index (χ1) is 17.3. The Morgan fingerprint density at radius 2 is 1.75 bits per heavy atom. The van der Waals surface area contributed by atoms with Gasteiger partial charge in [-0.05, 0) is 50.1 Å². The number of rotatable bonds is 7. The number of thiazole rings is 1. The lowest BCUT2D eigenvalue weighted by Gasteiger charge is -2.23. The summed E-state index contributed by atoms with van der Waals surface area (Å²) in [7, 11) is 1.26. The first-order valence-electron chi connectivity index (χ1n) is 11.4. The number of hydrogen-bond acceptors (Lipinski definition) is 8. The van der Waals surface area contributed by atoms with Crippen molar-refractivity contribution in [3.63, 3.8) is 0 Å². The van der Waals surface area contributed by atoms with E-state index in [4.69, 9.17) is 9.47 Å². The molecule has 8 nitrogen and oxygen atoms in total. The molecule has 2 heterocycles. The van der Waals surface area contributed by atoms with E-state index in [2.05, 4.69) is 4.98 Å². The van der Waals surface area contributed by atoms with Gasteiger partial charge < -0.3 is 14.6 Å². The van der Waals surface area contributed by atoms with Crippen LogP contribution in [0.4, 0.5) is 5.13 Å². The van der Waals surface area contributed by atoms with Crippen molar-refractivity contribution in [1.29, 1.82) is 0 Å². The lowest BCUT2D eigenvalue weighted by molar-refractivity contribution is -0.132. The highest BCUT2D eigenvalue weighted by molar-refractivity contribution is 7.17. The molecule has 0 aliphatic carbocycles. The fourth-order valence-corrected chi connectivity index (χ4v) is 4.96. The molecule has 1 atom stereocenters. The number of ketones is 1. The number of Topliss-reactive ketones (excluding diaryl/α,β-unsaturated/α-hetero) is 1. The standard InChI is InChI=1S/C27H26N2O6S/c1-5-14-35-19-12-10-18(11-13-19)22(30)20-21(17-8-6-15(2)7-9-17)29(25(32)23(20)31)27-28-16(3)24(36-27)26(33)34-4/h6-13,21,30H,5,14H2,1-4H3/t21-/m1/s1. The summed E-state index contributed by atoms with van der Waals surface area (Å²) in [6.45, 7) is 6.12. The van der Waals surface area contributed by atoms with Crippen LogP contribution in [0.3, 0.4) is 0 Å². The van der Waals surface area contributed by atoms with Gasteiger partial charge in [0.1, 0.15) is 16.4 Å². The van der Waals surface area contributed by atoms with E-state index in [1.165, 1.54) is 12.0 Å². The number of aromatic nitrogens is 1. The molecule has 0 unspecified atom stereocenters. The molecule has 1 amide bonds. The zero-order valence-electron chi connectivity index (χ0n) is 20.4. The number of amides is 1. The van der Waals surface area contributed by atoms with Crippen LogP contribution in [0.2, 0.25) is 0 Å². The third-order valence-electron chi connectivity index (χ3n) is 5.80. The highest BCUT2D eigenvalue weighted by atomic mass is 32.1. The van der Waals surface area contributed by atoms with Gasteiger partial charge in [-0.1, -0.05) is 48.1 Å². The molecule has 0 bridgehead atoms. The summed E-state index contributed by atoms with van der Waals surface area (Å²) in [6.07, 6.45) is 0.857. The zero-order valence-corrected chi connectivity index (χ0v) is 21.2. The van der Waals surface area contributed by atoms with Gasteiger partial charge >= 0.3 is 11.9 Å². The van der Waals surface area contributed by atoms with Crippen molar-refractivity contribution in [2.45, 2.75) is 33.2 Å². The van der Waals surface area contributed by atoms with E-state index in [1.54, 1.807) is 43.3 Å². The zero-order chi connectivity index (χ0) is 26.0. The molecule has 1 aliphatic rings. The van der Waals surface area contributed by atoms with Gasteiger partial charge in [-0.2, -0.15) is 0 Å². The van der Waals surface area contributed by atoms with E-state index in [0.717, 1.165) is 23.3 Å². The summed E-state index contributed by atoms with van der Waals surface area (Å²) in [5, 5.41) is 11.4. The van der Waals surface area contributed by atoms with Gasteiger partial charge in [0, 0.05) is 5.56 Å². The van der Waals surface area contributed by atoms with E-state index >= 15 is 0 Å². The third-order valence-corrected chi connectivity index (χ3v) is 6.94. The van der Waals surface area contributed by atoms with Crippen LogP contribution in [-0.2, 0) is 14.3 Å². The molecule has 1 saturated heterocycles. The molecular weight excluding hydrogens is 480 g/mol. The number of ether oxygens (including phenoxy) is 2. The molecule has 9 heteroatoms. The second-order valence-corrected chi connectivity index (χ2v) is 9.33. The van der Waals surface area contributed by atoms with Crippen LogP contribution in [0.25, 0.3) is 5.76 Å². The largest absolute Gasteiger partial charge is 0.507 e. The summed E-state index contributed by atoms with van der Waals surface area (Å²) >= 11 is 0.962. The van der Waals surface area contributed by atoms with E-state index in [9.17, 15) is 19.5 Å². The molecule has 1 aliphatic heterocycles. The van der Waals surface area contributed by atoms with Crippen molar-refractivity contribution in [2.75, 3.05) is 18.6 Å². The summed E-state index contributed by atoms with van der Waals surface area (Å²) in [5.74, 6) is -1.92. The maximum absolute atomic E-state index is 13.3. The lowest BCUT2D eigenvalue weighted by atomic mass is 9.95. The Morgan fingerprint density at radius 1 is 1.08 bits per heavy atom. The third kappa shape index (κ3) is 4.61. The normalized spacial score (nSPS) is 16.9. The molecule has 0 radical (unpaired) electrons. The van der Waals surface area contributed by atoms with E-state index in [-0.39, 0.29) is 21.3 Å². The Bertz CT molecular complexity index is 1340. The molecular formula is C27H26N2O6S. The van der Waals surface area contributed by atoms with E-state index in [0.29, 0.717) is 29.2 Å². The number of hydrogen-bond donors (Lipinski definition) is 1. The first-order valence-corrected chi connectivity index (χ1v) is 12.2. The number of nitrogens with zero attached hydrogens (tertiary/aromatic N) is 2. The van der Waals surface area contributed by atoms with E-state index in [1.807, 2.05) is 26.0 Å². The number of aliphatic hydroxyl groups is 1. The van der Waals surface area contributed by atoms with Gasteiger partial charge in [-0.15, -0.1) is 0 Å². The Morgan fingerprint density at radius 3 is 2.36 bits per heavy atom. The SMILES string of the molecule is CCCOc1ccc(C(O)=C2C(=O)C(=O)N(c3nc(C)c(C(=O)OC)s3)[C@@H]2c2ccc(C)cc2)cc1. The first kappa shape index (κ1) is 25.1. The Kier molecular flexibility index (Phi) is 7.21. The average molecular weight is 507 g/mol. The number of aryl methyl sites for hydroxylation is 2. The van der Waals surface area contributed by atoms with Gasteiger partial charge in [0.2, 0.25) is 0 Å². The fourth-order valence-electron chi connectivity index (χ4n) is 3.95. The molecule has 36 heavy (non-hydrogen) atoms. The van der Waals surface area contributed by atoms with Crippen molar-refractivity contribution in [3.8, 4) is 5.75 Å². The van der Waals surface area contributed by atoms with Crippen molar-refractivity contribution in [2.24, 2.45) is 0 Å². The highest BCUT2D eigenvalue weighted by Gasteiger charge is 2.48. The molecule has 0 saturated carbocycles. The number of carbonyl (C=O) groups is 3. The van der Waals surface area contributed by atoms with Crippen LogP contribution < -0.4 is 9.64 Å². The average Bonchev–Trinajstić information content (AvgIpc) is 3.39. The molecule has 1 N–H and O–H groups in total. The number of methoxy groups -OCH3 is 1. The van der Waals surface area contributed by atoms with Gasteiger partial charge in [0.25, 0.3) is 5.78 Å². The fraction of sp³-hybridized carbons (Fsp3) is 0.259. The number of benzene rings is 2.